The van der Waals surface area contributed by atoms with Gasteiger partial charge >= 0.3 is 5.97 Å². The topological polar surface area (TPSA) is 50.2 Å². The summed E-state index contributed by atoms with van der Waals surface area (Å²) in [7, 11) is 0. The predicted molar refractivity (Wildman–Crippen MR) is 44.9 cm³/mol. The highest BCUT2D eigenvalue weighted by atomic mass is 32.2. The average molecular weight is 171 g/mol. The molecular formula is C7H9NO2S. The zero-order valence-corrected chi connectivity index (χ0v) is 7.03. The first-order valence-electron chi connectivity index (χ1n) is 3.33. The van der Waals surface area contributed by atoms with E-state index in [2.05, 4.69) is 0 Å². The van der Waals surface area contributed by atoms with Crippen molar-refractivity contribution in [2.75, 3.05) is 12.4 Å². The summed E-state index contributed by atoms with van der Waals surface area (Å²) in [4.78, 5) is 11.5. The lowest BCUT2D eigenvalue weighted by atomic mass is 10.4. The van der Waals surface area contributed by atoms with Crippen molar-refractivity contribution in [1.29, 1.82) is 5.41 Å². The molecule has 1 aliphatic heterocycles. The molecule has 3 nitrogen and oxygen atoms in total. The van der Waals surface area contributed by atoms with Gasteiger partial charge in [0.15, 0.2) is 0 Å². The smallest absolute Gasteiger partial charge is 0.344 e. The third kappa shape index (κ3) is 2.08. The van der Waals surface area contributed by atoms with E-state index in [1.807, 2.05) is 0 Å². The van der Waals surface area contributed by atoms with E-state index in [-0.39, 0.29) is 5.97 Å². The normalized spacial score (nSPS) is 16.5. The van der Waals surface area contributed by atoms with E-state index in [4.69, 9.17) is 10.1 Å². The van der Waals surface area contributed by atoms with Gasteiger partial charge < -0.3 is 10.1 Å². The molecule has 0 spiro atoms. The van der Waals surface area contributed by atoms with Crippen LogP contribution in [-0.2, 0) is 9.53 Å². The quantitative estimate of drug-likeness (QED) is 0.635. The highest BCUT2D eigenvalue weighted by molar-refractivity contribution is 8.05. The third-order valence-corrected chi connectivity index (χ3v) is 2.22. The number of hydrogen-bond donors (Lipinski definition) is 1. The Kier molecular flexibility index (Phi) is 2.70. The maximum absolute atomic E-state index is 11.0. The molecule has 4 heteroatoms. The van der Waals surface area contributed by atoms with E-state index in [0.717, 1.165) is 0 Å². The fraction of sp³-hybridized carbons (Fsp3) is 0.429. The molecule has 0 aromatic carbocycles. The Morgan fingerprint density at radius 2 is 2.64 bits per heavy atom. The second-order valence-corrected chi connectivity index (χ2v) is 3.06. The van der Waals surface area contributed by atoms with Gasteiger partial charge in [-0.25, -0.2) is 4.79 Å². The molecule has 1 aliphatic rings. The van der Waals surface area contributed by atoms with Crippen LogP contribution in [0.25, 0.3) is 0 Å². The lowest BCUT2D eigenvalue weighted by Gasteiger charge is -1.98. The fourth-order valence-electron chi connectivity index (χ4n) is 0.717. The summed E-state index contributed by atoms with van der Waals surface area (Å²) in [6, 6.07) is 0. The number of rotatable bonds is 2. The predicted octanol–water partition coefficient (Wildman–Crippen LogP) is 1.20. The van der Waals surface area contributed by atoms with Crippen molar-refractivity contribution >= 4 is 23.4 Å². The SMILES string of the molecule is CCOC(=O)C1=CC(=N)CS1. The number of ether oxygens (including phenoxy) is 1. The summed E-state index contributed by atoms with van der Waals surface area (Å²) in [5.41, 5.74) is 0.484. The van der Waals surface area contributed by atoms with E-state index < -0.39 is 0 Å². The van der Waals surface area contributed by atoms with E-state index >= 15 is 0 Å². The second-order valence-electron chi connectivity index (χ2n) is 2.04. The van der Waals surface area contributed by atoms with Crippen LogP contribution in [0.15, 0.2) is 11.0 Å². The molecule has 0 fully saturated rings. The van der Waals surface area contributed by atoms with Gasteiger partial charge in [-0.15, -0.1) is 11.8 Å². The fourth-order valence-corrected chi connectivity index (χ4v) is 1.51. The highest BCUT2D eigenvalue weighted by Crippen LogP contribution is 2.23. The Morgan fingerprint density at radius 3 is 3.09 bits per heavy atom. The summed E-state index contributed by atoms with van der Waals surface area (Å²) >= 11 is 1.36. The molecule has 11 heavy (non-hydrogen) atoms. The standard InChI is InChI=1S/C7H9NO2S/c1-2-10-7(9)6-3-5(8)4-11-6/h3,8H,2,4H2,1H3. The molecule has 0 aromatic heterocycles. The summed E-state index contributed by atoms with van der Waals surface area (Å²) in [6.07, 6.45) is 1.56. The first-order valence-corrected chi connectivity index (χ1v) is 4.31. The van der Waals surface area contributed by atoms with Crippen LogP contribution in [0.3, 0.4) is 0 Å². The van der Waals surface area contributed by atoms with E-state index in [9.17, 15) is 4.79 Å². The number of carbonyl (C=O) groups is 1. The van der Waals surface area contributed by atoms with E-state index in [1.165, 1.54) is 11.8 Å². The van der Waals surface area contributed by atoms with E-state index in [0.29, 0.717) is 23.0 Å². The molecule has 0 saturated heterocycles. The third-order valence-electron chi connectivity index (χ3n) is 1.17. The first kappa shape index (κ1) is 8.33. The molecule has 0 aromatic rings. The van der Waals surface area contributed by atoms with Crippen LogP contribution in [0.2, 0.25) is 0 Å². The number of thioether (sulfide) groups is 1. The van der Waals surface area contributed by atoms with Gasteiger partial charge in [-0.05, 0) is 13.0 Å². The van der Waals surface area contributed by atoms with Gasteiger partial charge in [-0.1, -0.05) is 0 Å². The summed E-state index contributed by atoms with van der Waals surface area (Å²) in [5.74, 6) is 0.286. The number of nitrogens with one attached hydrogen (secondary N) is 1. The molecule has 0 aliphatic carbocycles. The lowest BCUT2D eigenvalue weighted by molar-refractivity contribution is -0.137. The minimum Gasteiger partial charge on any atom is -0.462 e. The molecular weight excluding hydrogens is 162 g/mol. The Labute approximate surface area is 69.3 Å². The maximum atomic E-state index is 11.0. The number of allylic oxidation sites excluding steroid dienone is 1. The minimum atomic E-state index is -0.306. The van der Waals surface area contributed by atoms with Crippen molar-refractivity contribution < 1.29 is 9.53 Å². The van der Waals surface area contributed by atoms with Crippen molar-refractivity contribution in [2.24, 2.45) is 0 Å². The summed E-state index contributed by atoms with van der Waals surface area (Å²) in [5, 5.41) is 7.20. The largest absolute Gasteiger partial charge is 0.462 e. The first-order chi connectivity index (χ1) is 5.24. The number of esters is 1. The van der Waals surface area contributed by atoms with Gasteiger partial charge in [-0.3, -0.25) is 0 Å². The summed E-state index contributed by atoms with van der Waals surface area (Å²) in [6.45, 7) is 2.16. The van der Waals surface area contributed by atoms with Gasteiger partial charge in [0.25, 0.3) is 0 Å². The van der Waals surface area contributed by atoms with Crippen LogP contribution in [-0.4, -0.2) is 24.0 Å². The van der Waals surface area contributed by atoms with Gasteiger partial charge in [-0.2, -0.15) is 0 Å². The maximum Gasteiger partial charge on any atom is 0.344 e. The molecule has 0 unspecified atom stereocenters. The van der Waals surface area contributed by atoms with Crippen molar-refractivity contribution in [1.82, 2.24) is 0 Å². The Bertz CT molecular complexity index is 222. The van der Waals surface area contributed by atoms with Crippen LogP contribution in [0.5, 0.6) is 0 Å². The summed E-state index contributed by atoms with van der Waals surface area (Å²) < 4.78 is 4.75. The minimum absolute atomic E-state index is 0.306. The molecule has 60 valence electrons. The monoisotopic (exact) mass is 171 g/mol. The van der Waals surface area contributed by atoms with Gasteiger partial charge in [0.05, 0.1) is 11.5 Å². The van der Waals surface area contributed by atoms with Gasteiger partial charge in [0.1, 0.15) is 0 Å². The molecule has 1 rings (SSSR count). The van der Waals surface area contributed by atoms with E-state index in [1.54, 1.807) is 13.0 Å². The molecule has 1 N–H and O–H groups in total. The highest BCUT2D eigenvalue weighted by Gasteiger charge is 2.17. The lowest BCUT2D eigenvalue weighted by Crippen LogP contribution is -2.03. The zero-order chi connectivity index (χ0) is 8.27. The molecule has 0 amide bonds. The molecule has 0 radical (unpaired) electrons. The van der Waals surface area contributed by atoms with Crippen LogP contribution in [0.1, 0.15) is 6.92 Å². The van der Waals surface area contributed by atoms with Crippen molar-refractivity contribution in [3.63, 3.8) is 0 Å². The van der Waals surface area contributed by atoms with Crippen LogP contribution in [0, 0.1) is 5.41 Å². The van der Waals surface area contributed by atoms with Crippen molar-refractivity contribution in [3.05, 3.63) is 11.0 Å². The molecule has 0 bridgehead atoms. The van der Waals surface area contributed by atoms with Crippen LogP contribution in [0.4, 0.5) is 0 Å². The van der Waals surface area contributed by atoms with Crippen LogP contribution >= 0.6 is 11.8 Å². The Hall–Kier alpha value is -0.770. The Balaban J connectivity index is 2.54. The number of carbonyl (C=O) groups excluding carboxylic acids is 1. The second kappa shape index (κ2) is 3.57. The van der Waals surface area contributed by atoms with Crippen molar-refractivity contribution in [2.45, 2.75) is 6.92 Å². The molecule has 1 heterocycles. The molecule has 0 saturated carbocycles. The van der Waals surface area contributed by atoms with Gasteiger partial charge in [0, 0.05) is 11.5 Å². The number of hydrogen-bond acceptors (Lipinski definition) is 4. The Morgan fingerprint density at radius 1 is 1.91 bits per heavy atom. The van der Waals surface area contributed by atoms with Crippen molar-refractivity contribution in [3.8, 4) is 0 Å². The van der Waals surface area contributed by atoms with Gasteiger partial charge in [0.2, 0.25) is 0 Å². The zero-order valence-electron chi connectivity index (χ0n) is 6.22. The average Bonchev–Trinajstić information content (AvgIpc) is 2.36. The molecule has 0 atom stereocenters. The van der Waals surface area contributed by atoms with Crippen LogP contribution < -0.4 is 0 Å².